The first-order valence-corrected chi connectivity index (χ1v) is 8.94. The maximum absolute atomic E-state index is 12.8. The third-order valence-electron chi connectivity index (χ3n) is 4.63. The van der Waals surface area contributed by atoms with Crippen LogP contribution in [0.1, 0.15) is 31.4 Å². The lowest BCUT2D eigenvalue weighted by Gasteiger charge is -2.36. The Balaban J connectivity index is 2.01. The fourth-order valence-electron chi connectivity index (χ4n) is 3.25. The summed E-state index contributed by atoms with van der Waals surface area (Å²) in [5, 5.41) is 2.74. The molecule has 1 aromatic rings. The molecule has 1 heterocycles. The highest BCUT2D eigenvalue weighted by molar-refractivity contribution is 5.95. The van der Waals surface area contributed by atoms with E-state index in [1.165, 1.54) is 30.2 Å². The van der Waals surface area contributed by atoms with Gasteiger partial charge in [-0.2, -0.15) is 8.78 Å². The van der Waals surface area contributed by atoms with Crippen LogP contribution in [0.5, 0.6) is 5.75 Å². The van der Waals surface area contributed by atoms with Crippen molar-refractivity contribution < 1.29 is 32.6 Å². The van der Waals surface area contributed by atoms with E-state index < -0.39 is 18.6 Å². The summed E-state index contributed by atoms with van der Waals surface area (Å²) < 4.78 is 40.4. The van der Waals surface area contributed by atoms with Gasteiger partial charge in [0.2, 0.25) is 0 Å². The third kappa shape index (κ3) is 4.24. The number of esters is 1. The van der Waals surface area contributed by atoms with Gasteiger partial charge >= 0.3 is 18.6 Å². The molecule has 9 heteroatoms. The minimum absolute atomic E-state index is 0.0234. The molecule has 0 saturated heterocycles. The topological polar surface area (TPSA) is 77.1 Å². The zero-order valence-corrected chi connectivity index (χ0v) is 15.6. The molecule has 0 radical (unpaired) electrons. The summed E-state index contributed by atoms with van der Waals surface area (Å²) in [7, 11) is 1.48. The molecule has 152 valence electrons. The molecule has 3 rings (SSSR count). The van der Waals surface area contributed by atoms with Crippen LogP contribution in [0.25, 0.3) is 0 Å². The average Bonchev–Trinajstić information content (AvgIpc) is 3.46. The molecular weight excluding hydrogens is 374 g/mol. The van der Waals surface area contributed by atoms with Gasteiger partial charge in [-0.1, -0.05) is 18.2 Å². The highest BCUT2D eigenvalue weighted by Crippen LogP contribution is 2.40. The van der Waals surface area contributed by atoms with Crippen LogP contribution in [0.4, 0.5) is 13.6 Å². The summed E-state index contributed by atoms with van der Waals surface area (Å²) >= 11 is 0. The molecule has 1 aromatic carbocycles. The summed E-state index contributed by atoms with van der Waals surface area (Å²) in [4.78, 5) is 27.0. The molecule has 1 atom stereocenters. The second-order valence-electron chi connectivity index (χ2n) is 6.53. The second-order valence-corrected chi connectivity index (χ2v) is 6.53. The van der Waals surface area contributed by atoms with E-state index in [1.807, 2.05) is 0 Å². The van der Waals surface area contributed by atoms with Crippen molar-refractivity contribution in [3.8, 4) is 5.75 Å². The number of para-hydroxylation sites is 1. The van der Waals surface area contributed by atoms with Gasteiger partial charge in [-0.05, 0) is 25.8 Å². The van der Waals surface area contributed by atoms with Crippen LogP contribution in [0.15, 0.2) is 35.5 Å². The number of rotatable bonds is 8. The van der Waals surface area contributed by atoms with Crippen LogP contribution < -0.4 is 10.1 Å². The van der Waals surface area contributed by atoms with Gasteiger partial charge in [0.1, 0.15) is 12.4 Å². The molecule has 7 nitrogen and oxygen atoms in total. The Labute approximate surface area is 161 Å². The molecule has 1 fully saturated rings. The second kappa shape index (κ2) is 8.55. The van der Waals surface area contributed by atoms with E-state index in [-0.39, 0.29) is 42.2 Å². The quantitative estimate of drug-likeness (QED) is 0.540. The Morgan fingerprint density at radius 1 is 1.29 bits per heavy atom. The molecule has 0 spiro atoms. The minimum Gasteiger partial charge on any atom is -0.460 e. The lowest BCUT2D eigenvalue weighted by Crippen LogP contribution is -2.49. The van der Waals surface area contributed by atoms with Gasteiger partial charge in [-0.15, -0.1) is 0 Å². The summed E-state index contributed by atoms with van der Waals surface area (Å²) in [6, 6.07) is 4.73. The van der Waals surface area contributed by atoms with Gasteiger partial charge in [0.15, 0.2) is 0 Å². The van der Waals surface area contributed by atoms with Crippen molar-refractivity contribution in [1.82, 2.24) is 10.2 Å². The lowest BCUT2D eigenvalue weighted by molar-refractivity contribution is -0.140. The van der Waals surface area contributed by atoms with Gasteiger partial charge in [-0.3, -0.25) is 4.90 Å². The normalized spacial score (nSPS) is 19.7. The van der Waals surface area contributed by atoms with E-state index in [2.05, 4.69) is 10.1 Å². The monoisotopic (exact) mass is 396 g/mol. The summed E-state index contributed by atoms with van der Waals surface area (Å²) in [6.07, 6.45) is 1.68. The number of halogens is 2. The minimum atomic E-state index is -3.04. The maximum Gasteiger partial charge on any atom is 0.387 e. The predicted molar refractivity (Wildman–Crippen MR) is 94.7 cm³/mol. The number of nitrogens with one attached hydrogen (secondary N) is 1. The average molecular weight is 396 g/mol. The van der Waals surface area contributed by atoms with Crippen LogP contribution in [0.2, 0.25) is 0 Å². The molecular formula is C19H22F2N2O5. The standard InChI is InChI=1S/C19H22F2N2O5/c1-11-15(17(24)27-10-9-26-2)16(22-19(25)23(11)12-7-8-12)13-5-3-4-6-14(13)28-18(20)21/h3-6,12,16,18H,7-10H2,1-2H3,(H,22,25)/t16-/m1/s1. The van der Waals surface area contributed by atoms with Crippen molar-refractivity contribution in [2.24, 2.45) is 0 Å². The maximum atomic E-state index is 12.8. The number of urea groups is 1. The van der Waals surface area contributed by atoms with E-state index in [0.29, 0.717) is 5.70 Å². The Kier molecular flexibility index (Phi) is 6.13. The number of amides is 2. The van der Waals surface area contributed by atoms with Crippen LogP contribution in [0, 0.1) is 0 Å². The first-order valence-electron chi connectivity index (χ1n) is 8.94. The zero-order chi connectivity index (χ0) is 20.3. The predicted octanol–water partition coefficient (Wildman–Crippen LogP) is 2.98. The molecule has 2 amide bonds. The van der Waals surface area contributed by atoms with Crippen molar-refractivity contribution in [3.05, 3.63) is 41.1 Å². The van der Waals surface area contributed by atoms with Crippen molar-refractivity contribution in [2.75, 3.05) is 20.3 Å². The van der Waals surface area contributed by atoms with E-state index in [0.717, 1.165) is 12.8 Å². The number of ether oxygens (including phenoxy) is 3. The van der Waals surface area contributed by atoms with Crippen molar-refractivity contribution in [2.45, 2.75) is 38.5 Å². The van der Waals surface area contributed by atoms with Crippen LogP contribution in [0.3, 0.4) is 0 Å². The third-order valence-corrected chi connectivity index (χ3v) is 4.63. The fraction of sp³-hybridized carbons (Fsp3) is 0.474. The molecule has 0 aromatic heterocycles. The summed E-state index contributed by atoms with van der Waals surface area (Å²) in [5.74, 6) is -0.755. The zero-order valence-electron chi connectivity index (χ0n) is 15.6. The summed E-state index contributed by atoms with van der Waals surface area (Å²) in [5.41, 5.74) is 0.892. The van der Waals surface area contributed by atoms with Crippen LogP contribution in [-0.2, 0) is 14.3 Å². The number of hydrogen-bond acceptors (Lipinski definition) is 5. The number of benzene rings is 1. The largest absolute Gasteiger partial charge is 0.460 e. The Morgan fingerprint density at radius 3 is 2.64 bits per heavy atom. The van der Waals surface area contributed by atoms with Gasteiger partial charge in [0, 0.05) is 24.4 Å². The Hall–Kier alpha value is -2.68. The number of methoxy groups -OCH3 is 1. The van der Waals surface area contributed by atoms with Gasteiger partial charge in [-0.25, -0.2) is 9.59 Å². The molecule has 1 saturated carbocycles. The number of carbonyl (C=O) groups excluding carboxylic acids is 2. The smallest absolute Gasteiger partial charge is 0.387 e. The highest BCUT2D eigenvalue weighted by atomic mass is 19.3. The lowest BCUT2D eigenvalue weighted by atomic mass is 9.94. The van der Waals surface area contributed by atoms with Crippen molar-refractivity contribution in [3.63, 3.8) is 0 Å². The number of carbonyl (C=O) groups is 2. The SMILES string of the molecule is COCCOC(=O)C1=C(C)N(C2CC2)C(=O)N[C@@H]1c1ccccc1OC(F)F. The van der Waals surface area contributed by atoms with Crippen LogP contribution in [-0.4, -0.2) is 49.9 Å². The van der Waals surface area contributed by atoms with E-state index in [4.69, 9.17) is 9.47 Å². The fourth-order valence-corrected chi connectivity index (χ4v) is 3.25. The number of hydrogen-bond donors (Lipinski definition) is 1. The van der Waals surface area contributed by atoms with Crippen molar-refractivity contribution in [1.29, 1.82) is 0 Å². The van der Waals surface area contributed by atoms with Crippen LogP contribution >= 0.6 is 0 Å². The Morgan fingerprint density at radius 2 is 2.00 bits per heavy atom. The molecule has 2 aliphatic rings. The van der Waals surface area contributed by atoms with Gasteiger partial charge < -0.3 is 19.5 Å². The van der Waals surface area contributed by atoms with Crippen molar-refractivity contribution >= 4 is 12.0 Å². The van der Waals surface area contributed by atoms with E-state index in [1.54, 1.807) is 13.0 Å². The molecule has 28 heavy (non-hydrogen) atoms. The van der Waals surface area contributed by atoms with E-state index in [9.17, 15) is 18.4 Å². The molecule has 0 unspecified atom stereocenters. The van der Waals surface area contributed by atoms with Gasteiger partial charge in [0.05, 0.1) is 18.2 Å². The molecule has 1 aliphatic heterocycles. The first-order chi connectivity index (χ1) is 13.4. The summed E-state index contributed by atoms with van der Waals surface area (Å²) in [6.45, 7) is -1.13. The first kappa shape index (κ1) is 20.1. The molecule has 1 N–H and O–H groups in total. The molecule has 0 bridgehead atoms. The number of nitrogens with zero attached hydrogens (tertiary/aromatic N) is 1. The molecule has 1 aliphatic carbocycles. The highest BCUT2D eigenvalue weighted by Gasteiger charge is 2.43. The number of allylic oxidation sites excluding steroid dienone is 1. The Bertz CT molecular complexity index is 779. The van der Waals surface area contributed by atoms with Gasteiger partial charge in [0.25, 0.3) is 0 Å². The number of alkyl halides is 2. The van der Waals surface area contributed by atoms with E-state index >= 15 is 0 Å².